The molecule has 2 N–H and O–H groups in total. The average molecular weight is 271 g/mol. The fourth-order valence-electron chi connectivity index (χ4n) is 2.14. The SMILES string of the molecule is CC(C)CCCCC(CCCO)C(=O)NCC(C)C. The molecule has 114 valence electrons. The number of nitrogens with one attached hydrogen (secondary N) is 1. The summed E-state index contributed by atoms with van der Waals surface area (Å²) in [5, 5.41) is 11.9. The maximum atomic E-state index is 12.1. The number of hydrogen-bond acceptors (Lipinski definition) is 2. The van der Waals surface area contributed by atoms with Crippen molar-refractivity contribution in [2.24, 2.45) is 17.8 Å². The lowest BCUT2D eigenvalue weighted by Crippen LogP contribution is -2.33. The number of aliphatic hydroxyl groups excluding tert-OH is 1. The van der Waals surface area contributed by atoms with E-state index in [-0.39, 0.29) is 18.4 Å². The molecule has 0 aliphatic rings. The molecule has 3 heteroatoms. The molecule has 1 amide bonds. The van der Waals surface area contributed by atoms with Gasteiger partial charge in [0.25, 0.3) is 0 Å². The van der Waals surface area contributed by atoms with Gasteiger partial charge in [-0.05, 0) is 31.1 Å². The largest absolute Gasteiger partial charge is 0.396 e. The second kappa shape index (κ2) is 11.3. The van der Waals surface area contributed by atoms with E-state index in [2.05, 4.69) is 33.0 Å². The van der Waals surface area contributed by atoms with Gasteiger partial charge in [-0.25, -0.2) is 0 Å². The smallest absolute Gasteiger partial charge is 0.223 e. The summed E-state index contributed by atoms with van der Waals surface area (Å²) >= 11 is 0. The lowest BCUT2D eigenvalue weighted by Gasteiger charge is -2.17. The Morgan fingerprint density at radius 3 is 2.05 bits per heavy atom. The molecule has 0 heterocycles. The Kier molecular flexibility index (Phi) is 10.9. The van der Waals surface area contributed by atoms with Gasteiger partial charge in [-0.1, -0.05) is 47.0 Å². The van der Waals surface area contributed by atoms with Gasteiger partial charge in [0.1, 0.15) is 0 Å². The van der Waals surface area contributed by atoms with Crippen LogP contribution in [-0.4, -0.2) is 24.2 Å². The molecule has 0 aliphatic carbocycles. The van der Waals surface area contributed by atoms with E-state index in [1.807, 2.05) is 0 Å². The third-order valence-electron chi connectivity index (χ3n) is 3.35. The number of carbonyl (C=O) groups is 1. The maximum Gasteiger partial charge on any atom is 0.223 e. The average Bonchev–Trinajstić information content (AvgIpc) is 2.34. The predicted molar refractivity (Wildman–Crippen MR) is 81.0 cm³/mol. The Morgan fingerprint density at radius 1 is 0.947 bits per heavy atom. The van der Waals surface area contributed by atoms with Crippen LogP contribution in [0.1, 0.15) is 66.2 Å². The van der Waals surface area contributed by atoms with Gasteiger partial charge in [-0.3, -0.25) is 4.79 Å². The van der Waals surface area contributed by atoms with Gasteiger partial charge in [0.2, 0.25) is 5.91 Å². The molecule has 0 aromatic rings. The minimum absolute atomic E-state index is 0.0815. The first-order valence-electron chi connectivity index (χ1n) is 7.85. The standard InChI is InChI=1S/C16H33NO2/c1-13(2)8-5-6-9-15(10-7-11-18)16(19)17-12-14(3)4/h13-15,18H,5-12H2,1-4H3,(H,17,19). The Labute approximate surface area is 119 Å². The van der Waals surface area contributed by atoms with Crippen molar-refractivity contribution in [2.75, 3.05) is 13.2 Å². The Balaban J connectivity index is 4.02. The van der Waals surface area contributed by atoms with E-state index in [0.29, 0.717) is 5.92 Å². The van der Waals surface area contributed by atoms with Crippen LogP contribution >= 0.6 is 0 Å². The third kappa shape index (κ3) is 11.0. The molecule has 19 heavy (non-hydrogen) atoms. The zero-order chi connectivity index (χ0) is 14.7. The Hall–Kier alpha value is -0.570. The van der Waals surface area contributed by atoms with Crippen molar-refractivity contribution in [1.29, 1.82) is 0 Å². The summed E-state index contributed by atoms with van der Waals surface area (Å²) in [6.45, 7) is 9.61. The van der Waals surface area contributed by atoms with Gasteiger partial charge in [0.15, 0.2) is 0 Å². The van der Waals surface area contributed by atoms with E-state index in [1.54, 1.807) is 0 Å². The van der Waals surface area contributed by atoms with Crippen molar-refractivity contribution in [3.63, 3.8) is 0 Å². The van der Waals surface area contributed by atoms with Crippen molar-refractivity contribution < 1.29 is 9.90 Å². The summed E-state index contributed by atoms with van der Waals surface area (Å²) in [6.07, 6.45) is 6.04. The van der Waals surface area contributed by atoms with Crippen LogP contribution in [0.5, 0.6) is 0 Å². The third-order valence-corrected chi connectivity index (χ3v) is 3.35. The van der Waals surface area contributed by atoms with Gasteiger partial charge in [-0.15, -0.1) is 0 Å². The van der Waals surface area contributed by atoms with Gasteiger partial charge < -0.3 is 10.4 Å². The lowest BCUT2D eigenvalue weighted by molar-refractivity contribution is -0.125. The molecule has 0 radical (unpaired) electrons. The topological polar surface area (TPSA) is 49.3 Å². The first-order chi connectivity index (χ1) is 8.97. The highest BCUT2D eigenvalue weighted by atomic mass is 16.3. The van der Waals surface area contributed by atoms with E-state index in [9.17, 15) is 4.79 Å². The molecule has 0 aromatic heterocycles. The fourth-order valence-corrected chi connectivity index (χ4v) is 2.14. The van der Waals surface area contributed by atoms with Crippen LogP contribution in [0, 0.1) is 17.8 Å². The molecule has 1 atom stereocenters. The van der Waals surface area contributed by atoms with Crippen LogP contribution in [0.2, 0.25) is 0 Å². The minimum atomic E-state index is 0.0815. The van der Waals surface area contributed by atoms with Crippen molar-refractivity contribution in [3.8, 4) is 0 Å². The summed E-state index contributed by atoms with van der Waals surface area (Å²) in [5.41, 5.74) is 0. The summed E-state index contributed by atoms with van der Waals surface area (Å²) < 4.78 is 0. The van der Waals surface area contributed by atoms with Crippen LogP contribution in [0.3, 0.4) is 0 Å². The van der Waals surface area contributed by atoms with Crippen LogP contribution in [0.25, 0.3) is 0 Å². The van der Waals surface area contributed by atoms with Gasteiger partial charge >= 0.3 is 0 Å². The molecule has 0 saturated carbocycles. The molecule has 0 bridgehead atoms. The number of carbonyl (C=O) groups excluding carboxylic acids is 1. The highest BCUT2D eigenvalue weighted by Crippen LogP contribution is 2.17. The number of aliphatic hydroxyl groups is 1. The molecule has 1 unspecified atom stereocenters. The van der Waals surface area contributed by atoms with Crippen molar-refractivity contribution >= 4 is 5.91 Å². The normalized spacial score (nSPS) is 13.0. The quantitative estimate of drug-likeness (QED) is 0.566. The van der Waals surface area contributed by atoms with E-state index in [0.717, 1.165) is 38.1 Å². The molecule has 0 fully saturated rings. The summed E-state index contributed by atoms with van der Waals surface area (Å²) in [7, 11) is 0. The van der Waals surface area contributed by atoms with Crippen LogP contribution in [0.15, 0.2) is 0 Å². The Morgan fingerprint density at radius 2 is 1.53 bits per heavy atom. The number of rotatable bonds is 11. The maximum absolute atomic E-state index is 12.1. The zero-order valence-corrected chi connectivity index (χ0v) is 13.2. The fraction of sp³-hybridized carbons (Fsp3) is 0.938. The van der Waals surface area contributed by atoms with Crippen molar-refractivity contribution in [2.45, 2.75) is 66.2 Å². The van der Waals surface area contributed by atoms with Crippen LogP contribution in [0.4, 0.5) is 0 Å². The van der Waals surface area contributed by atoms with Crippen molar-refractivity contribution in [1.82, 2.24) is 5.32 Å². The lowest BCUT2D eigenvalue weighted by atomic mass is 9.94. The summed E-state index contributed by atoms with van der Waals surface area (Å²) in [6, 6.07) is 0. The van der Waals surface area contributed by atoms with Crippen LogP contribution < -0.4 is 5.32 Å². The van der Waals surface area contributed by atoms with E-state index in [1.165, 1.54) is 12.8 Å². The molecule has 0 saturated heterocycles. The monoisotopic (exact) mass is 271 g/mol. The van der Waals surface area contributed by atoms with Crippen LogP contribution in [-0.2, 0) is 4.79 Å². The summed E-state index contributed by atoms with van der Waals surface area (Å²) in [4.78, 5) is 12.1. The van der Waals surface area contributed by atoms with Gasteiger partial charge in [0.05, 0.1) is 0 Å². The number of hydrogen-bond donors (Lipinski definition) is 2. The molecule has 0 spiro atoms. The highest BCUT2D eigenvalue weighted by Gasteiger charge is 2.17. The predicted octanol–water partition coefficient (Wildman–Crippen LogP) is 3.36. The zero-order valence-electron chi connectivity index (χ0n) is 13.2. The second-order valence-electron chi connectivity index (χ2n) is 6.38. The first-order valence-corrected chi connectivity index (χ1v) is 7.85. The number of amides is 1. The molecule has 0 rings (SSSR count). The van der Waals surface area contributed by atoms with E-state index < -0.39 is 0 Å². The van der Waals surface area contributed by atoms with E-state index in [4.69, 9.17) is 5.11 Å². The van der Waals surface area contributed by atoms with E-state index >= 15 is 0 Å². The van der Waals surface area contributed by atoms with Gasteiger partial charge in [0, 0.05) is 19.1 Å². The second-order valence-corrected chi connectivity index (χ2v) is 6.38. The van der Waals surface area contributed by atoms with Gasteiger partial charge in [-0.2, -0.15) is 0 Å². The molecule has 0 aromatic carbocycles. The Bertz CT molecular complexity index is 227. The molecule has 0 aliphatic heterocycles. The van der Waals surface area contributed by atoms with Crippen molar-refractivity contribution in [3.05, 3.63) is 0 Å². The molecular formula is C16H33NO2. The summed E-state index contributed by atoms with van der Waals surface area (Å²) in [5.74, 6) is 1.49. The highest BCUT2D eigenvalue weighted by molar-refractivity contribution is 5.78. The number of unbranched alkanes of at least 4 members (excludes halogenated alkanes) is 1. The molecular weight excluding hydrogens is 238 g/mol. The first kappa shape index (κ1) is 18.4. The molecule has 3 nitrogen and oxygen atoms in total. The minimum Gasteiger partial charge on any atom is -0.396 e.